The van der Waals surface area contributed by atoms with Gasteiger partial charge in [-0.05, 0) is 64.7 Å². The minimum atomic E-state index is -1.04. The second kappa shape index (κ2) is 18.2. The number of esters is 3. The molecule has 1 rings (SSSR count). The Bertz CT molecular complexity index is 931. The van der Waals surface area contributed by atoms with E-state index in [-0.39, 0.29) is 36.9 Å². The van der Waals surface area contributed by atoms with E-state index >= 15 is 0 Å². The molecule has 0 radical (unpaired) electrons. The number of unbranched alkanes of at least 4 members (excludes halogenated alkanes) is 4. The quantitative estimate of drug-likeness (QED) is 0.152. The van der Waals surface area contributed by atoms with Crippen LogP contribution in [-0.2, 0) is 35.0 Å². The highest BCUT2D eigenvalue weighted by Gasteiger charge is 2.25. The van der Waals surface area contributed by atoms with Gasteiger partial charge in [0.05, 0.1) is 6.10 Å². The minimum Gasteiger partial charge on any atom is -0.458 e. The molecule has 0 aliphatic rings. The number of hydrogen-bond donors (Lipinski definition) is 1. The smallest absolute Gasteiger partial charge is 0.458 e. The largest absolute Gasteiger partial charge is 0.508 e. The van der Waals surface area contributed by atoms with E-state index in [4.69, 9.17) is 29.4 Å². The summed E-state index contributed by atoms with van der Waals surface area (Å²) >= 11 is 0. The van der Waals surface area contributed by atoms with Gasteiger partial charge in [-0.2, -0.15) is 0 Å². The van der Waals surface area contributed by atoms with E-state index in [2.05, 4.69) is 0 Å². The lowest BCUT2D eigenvalue weighted by molar-refractivity contribution is -0.155. The van der Waals surface area contributed by atoms with Crippen LogP contribution in [0.5, 0.6) is 11.5 Å². The van der Waals surface area contributed by atoms with Crippen LogP contribution in [0.2, 0.25) is 0 Å². The zero-order valence-electron chi connectivity index (χ0n) is 24.2. The fourth-order valence-corrected chi connectivity index (χ4v) is 3.40. The highest BCUT2D eigenvalue weighted by Crippen LogP contribution is 2.30. The molecule has 0 aromatic heterocycles. The number of hydrogen-bond acceptors (Lipinski definition) is 10. The lowest BCUT2D eigenvalue weighted by Crippen LogP contribution is -2.39. The van der Waals surface area contributed by atoms with E-state index in [1.165, 1.54) is 12.1 Å². The van der Waals surface area contributed by atoms with Gasteiger partial charge >= 0.3 is 24.1 Å². The molecular weight excluding hydrogens is 506 g/mol. The number of ether oxygens (including phenoxy) is 5. The number of rotatable bonds is 17. The molecule has 0 heterocycles. The first-order valence-electron chi connectivity index (χ1n) is 13.8. The van der Waals surface area contributed by atoms with Gasteiger partial charge in [-0.1, -0.05) is 45.6 Å². The van der Waals surface area contributed by atoms with E-state index < -0.39 is 42.3 Å². The average Bonchev–Trinajstić information content (AvgIpc) is 2.85. The second-order valence-corrected chi connectivity index (χ2v) is 9.84. The van der Waals surface area contributed by atoms with Crippen LogP contribution in [0.1, 0.15) is 98.5 Å². The number of carbonyl (C=O) groups is 4. The molecule has 10 heteroatoms. The van der Waals surface area contributed by atoms with Crippen LogP contribution in [0.4, 0.5) is 4.79 Å². The predicted octanol–water partition coefficient (Wildman–Crippen LogP) is 5.41. The van der Waals surface area contributed by atoms with Crippen molar-refractivity contribution >= 4 is 24.1 Å². The van der Waals surface area contributed by atoms with Crippen molar-refractivity contribution in [3.63, 3.8) is 0 Å². The fourth-order valence-electron chi connectivity index (χ4n) is 3.40. The van der Waals surface area contributed by atoms with Crippen LogP contribution < -0.4 is 15.2 Å². The Balaban J connectivity index is 2.88. The highest BCUT2D eigenvalue weighted by atomic mass is 16.7. The van der Waals surface area contributed by atoms with Crippen LogP contribution in [0.15, 0.2) is 18.2 Å². The molecule has 0 aliphatic carbocycles. The van der Waals surface area contributed by atoms with Crippen molar-refractivity contribution in [3.8, 4) is 11.5 Å². The Labute approximate surface area is 231 Å². The second-order valence-electron chi connectivity index (χ2n) is 9.84. The van der Waals surface area contributed by atoms with Gasteiger partial charge in [0.15, 0.2) is 11.5 Å². The van der Waals surface area contributed by atoms with Crippen molar-refractivity contribution in [3.05, 3.63) is 23.8 Å². The van der Waals surface area contributed by atoms with Gasteiger partial charge in [0.25, 0.3) is 0 Å². The number of carbonyl (C=O) groups excluding carboxylic acids is 4. The molecule has 10 nitrogen and oxygen atoms in total. The van der Waals surface area contributed by atoms with Crippen LogP contribution in [0.25, 0.3) is 0 Å². The summed E-state index contributed by atoms with van der Waals surface area (Å²) in [5.74, 6) is -1.32. The summed E-state index contributed by atoms with van der Waals surface area (Å²) in [6, 6.07) is 3.67. The van der Waals surface area contributed by atoms with Gasteiger partial charge in [0, 0.05) is 12.8 Å². The third-order valence-corrected chi connectivity index (χ3v) is 5.76. The molecule has 0 bridgehead atoms. The first kappa shape index (κ1) is 33.9. The molecule has 0 aliphatic heterocycles. The normalized spacial score (nSPS) is 13.2. The topological polar surface area (TPSA) is 140 Å². The standard InChI is InChI=1S/C29H45NO9/c1-7-9-11-13-26(31)38-24-16-15-22(18-25(24)39-27(32)14-12-10-8-2)17-23(30)28(33)36-20(5)21(6)37-29(34)35-19(3)4/h15-16,18-21,23H,7-14,17,30H2,1-6H3/t20-,21-,23-/m0/s1. The summed E-state index contributed by atoms with van der Waals surface area (Å²) in [6.07, 6.45) is 2.98. The molecule has 0 spiro atoms. The van der Waals surface area contributed by atoms with Crippen LogP contribution >= 0.6 is 0 Å². The van der Waals surface area contributed by atoms with E-state index in [0.29, 0.717) is 18.4 Å². The maximum absolute atomic E-state index is 12.6. The van der Waals surface area contributed by atoms with E-state index in [1.54, 1.807) is 33.8 Å². The summed E-state index contributed by atoms with van der Waals surface area (Å²) in [5, 5.41) is 0. The van der Waals surface area contributed by atoms with Crippen molar-refractivity contribution in [1.82, 2.24) is 0 Å². The molecule has 0 saturated carbocycles. The molecule has 39 heavy (non-hydrogen) atoms. The van der Waals surface area contributed by atoms with Gasteiger partial charge < -0.3 is 29.4 Å². The van der Waals surface area contributed by atoms with Crippen molar-refractivity contribution in [2.24, 2.45) is 5.73 Å². The Morgan fingerprint density at radius 2 is 1.28 bits per heavy atom. The lowest BCUT2D eigenvalue weighted by atomic mass is 10.1. The summed E-state index contributed by atoms with van der Waals surface area (Å²) < 4.78 is 26.4. The monoisotopic (exact) mass is 551 g/mol. The van der Waals surface area contributed by atoms with Crippen LogP contribution in [-0.4, -0.2) is 48.4 Å². The third kappa shape index (κ3) is 14.0. The Hall–Kier alpha value is -3.14. The molecule has 220 valence electrons. The maximum atomic E-state index is 12.6. The van der Waals surface area contributed by atoms with Gasteiger partial charge in [0.2, 0.25) is 0 Å². The molecule has 0 amide bonds. The van der Waals surface area contributed by atoms with Crippen molar-refractivity contribution in [2.75, 3.05) is 0 Å². The van der Waals surface area contributed by atoms with E-state index in [0.717, 1.165) is 25.7 Å². The number of nitrogens with two attached hydrogens (primary N) is 1. The predicted molar refractivity (Wildman–Crippen MR) is 145 cm³/mol. The van der Waals surface area contributed by atoms with Gasteiger partial charge in [-0.3, -0.25) is 14.4 Å². The molecule has 0 unspecified atom stereocenters. The summed E-state index contributed by atoms with van der Waals surface area (Å²) in [7, 11) is 0. The molecule has 1 aromatic carbocycles. The average molecular weight is 552 g/mol. The van der Waals surface area contributed by atoms with Crippen molar-refractivity contribution in [2.45, 2.75) is 124 Å². The first-order valence-corrected chi connectivity index (χ1v) is 13.8. The molecule has 2 N–H and O–H groups in total. The third-order valence-electron chi connectivity index (χ3n) is 5.76. The maximum Gasteiger partial charge on any atom is 0.508 e. The Morgan fingerprint density at radius 1 is 0.744 bits per heavy atom. The summed E-state index contributed by atoms with van der Waals surface area (Å²) in [6.45, 7) is 10.6. The van der Waals surface area contributed by atoms with Crippen LogP contribution in [0, 0.1) is 0 Å². The zero-order chi connectivity index (χ0) is 29.4. The SMILES string of the molecule is CCCCCC(=O)Oc1ccc(C[C@H](N)C(=O)O[C@@H](C)[C@H](C)OC(=O)OC(C)C)cc1OC(=O)CCCCC. The molecule has 0 saturated heterocycles. The van der Waals surface area contributed by atoms with E-state index in [9.17, 15) is 19.2 Å². The fraction of sp³-hybridized carbons (Fsp3) is 0.655. The molecular formula is C29H45NO9. The number of benzene rings is 1. The minimum absolute atomic E-state index is 0.0707. The summed E-state index contributed by atoms with van der Waals surface area (Å²) in [4.78, 5) is 49.0. The van der Waals surface area contributed by atoms with Gasteiger partial charge in [-0.25, -0.2) is 4.79 Å². The zero-order valence-corrected chi connectivity index (χ0v) is 24.2. The van der Waals surface area contributed by atoms with Crippen molar-refractivity contribution < 1.29 is 42.9 Å². The van der Waals surface area contributed by atoms with E-state index in [1.807, 2.05) is 13.8 Å². The molecule has 0 fully saturated rings. The molecule has 1 aromatic rings. The highest BCUT2D eigenvalue weighted by molar-refractivity contribution is 5.77. The first-order chi connectivity index (χ1) is 18.5. The van der Waals surface area contributed by atoms with Gasteiger partial charge in [0.1, 0.15) is 18.2 Å². The Kier molecular flexibility index (Phi) is 15.8. The molecule has 3 atom stereocenters. The van der Waals surface area contributed by atoms with Gasteiger partial charge in [-0.15, -0.1) is 0 Å². The Morgan fingerprint density at radius 3 is 1.82 bits per heavy atom. The summed E-state index contributed by atoms with van der Waals surface area (Å²) in [5.41, 5.74) is 6.67. The van der Waals surface area contributed by atoms with Crippen molar-refractivity contribution in [1.29, 1.82) is 0 Å². The van der Waals surface area contributed by atoms with Crippen LogP contribution in [0.3, 0.4) is 0 Å². The lowest BCUT2D eigenvalue weighted by Gasteiger charge is -2.22.